The van der Waals surface area contributed by atoms with Crippen molar-refractivity contribution in [2.45, 2.75) is 13.8 Å². The first-order valence-electron chi connectivity index (χ1n) is 6.65. The molecule has 3 aromatic rings. The normalized spacial score (nSPS) is 10.8. The van der Waals surface area contributed by atoms with Crippen LogP contribution in [-0.4, -0.2) is 32.4 Å². The average Bonchev–Trinajstić information content (AvgIpc) is 2.95. The topological polar surface area (TPSA) is 69.4 Å². The van der Waals surface area contributed by atoms with Gasteiger partial charge in [0.1, 0.15) is 0 Å². The van der Waals surface area contributed by atoms with E-state index in [0.717, 1.165) is 16.9 Å². The highest BCUT2D eigenvalue weighted by Gasteiger charge is 2.13. The second-order valence-corrected chi connectivity index (χ2v) is 4.53. The van der Waals surface area contributed by atoms with E-state index in [0.29, 0.717) is 17.9 Å². The monoisotopic (exact) mass is 282 g/mol. The first kappa shape index (κ1) is 13.2. The fourth-order valence-electron chi connectivity index (χ4n) is 2.17. The molecule has 3 heterocycles. The minimum absolute atomic E-state index is 0.346. The van der Waals surface area contributed by atoms with Crippen molar-refractivity contribution in [3.8, 4) is 11.4 Å². The van der Waals surface area contributed by atoms with E-state index in [1.807, 2.05) is 18.2 Å². The van der Waals surface area contributed by atoms with Crippen LogP contribution in [0.2, 0.25) is 0 Å². The number of aromatic nitrogens is 4. The van der Waals surface area contributed by atoms with Crippen LogP contribution in [0, 0.1) is 6.92 Å². The molecule has 6 nitrogen and oxygen atoms in total. The molecule has 0 amide bonds. The van der Waals surface area contributed by atoms with Gasteiger partial charge >= 0.3 is 5.97 Å². The van der Waals surface area contributed by atoms with Crippen LogP contribution in [0.25, 0.3) is 16.9 Å². The van der Waals surface area contributed by atoms with Gasteiger partial charge in [-0.15, -0.1) is 5.10 Å². The number of carbonyl (C=O) groups excluding carboxylic acids is 1. The van der Waals surface area contributed by atoms with Gasteiger partial charge in [0.25, 0.3) is 0 Å². The summed E-state index contributed by atoms with van der Waals surface area (Å²) < 4.78 is 6.72. The van der Waals surface area contributed by atoms with Crippen LogP contribution in [0.3, 0.4) is 0 Å². The van der Waals surface area contributed by atoms with Gasteiger partial charge in [0.05, 0.1) is 41.0 Å². The van der Waals surface area contributed by atoms with Gasteiger partial charge in [-0.2, -0.15) is 0 Å². The molecule has 0 saturated heterocycles. The number of esters is 1. The average molecular weight is 282 g/mol. The number of hydrogen-bond acceptors (Lipinski definition) is 5. The molecule has 0 saturated carbocycles. The summed E-state index contributed by atoms with van der Waals surface area (Å²) >= 11 is 0. The number of fused-ring (bicyclic) bond motifs is 1. The zero-order valence-corrected chi connectivity index (χ0v) is 11.8. The summed E-state index contributed by atoms with van der Waals surface area (Å²) in [6.45, 7) is 3.91. The Labute approximate surface area is 121 Å². The molecule has 21 heavy (non-hydrogen) atoms. The van der Waals surface area contributed by atoms with Crippen molar-refractivity contribution >= 4 is 11.5 Å². The van der Waals surface area contributed by atoms with Gasteiger partial charge in [-0.3, -0.25) is 4.98 Å². The van der Waals surface area contributed by atoms with Crippen LogP contribution < -0.4 is 0 Å². The highest BCUT2D eigenvalue weighted by Crippen LogP contribution is 2.20. The van der Waals surface area contributed by atoms with Gasteiger partial charge in [0.15, 0.2) is 0 Å². The van der Waals surface area contributed by atoms with Crippen LogP contribution in [0.5, 0.6) is 0 Å². The Balaban J connectivity index is 2.06. The summed E-state index contributed by atoms with van der Waals surface area (Å²) in [5, 5.41) is 7.94. The number of aryl methyl sites for hydroxylation is 1. The Bertz CT molecular complexity index is 810. The fraction of sp³-hybridized carbons (Fsp3) is 0.200. The summed E-state index contributed by atoms with van der Waals surface area (Å²) in [5.74, 6) is -0.354. The molecule has 0 bridgehead atoms. The predicted octanol–water partition coefficient (Wildman–Crippen LogP) is 2.28. The Kier molecular flexibility index (Phi) is 3.35. The fourth-order valence-corrected chi connectivity index (χ4v) is 2.17. The van der Waals surface area contributed by atoms with E-state index in [9.17, 15) is 4.79 Å². The molecule has 6 heteroatoms. The van der Waals surface area contributed by atoms with E-state index in [2.05, 4.69) is 15.3 Å². The lowest BCUT2D eigenvalue weighted by Gasteiger charge is -2.08. The van der Waals surface area contributed by atoms with Gasteiger partial charge in [0, 0.05) is 0 Å². The van der Waals surface area contributed by atoms with Crippen LogP contribution in [0.1, 0.15) is 23.0 Å². The molecule has 0 unspecified atom stereocenters. The highest BCUT2D eigenvalue weighted by atomic mass is 16.5. The maximum absolute atomic E-state index is 11.8. The molecule has 0 radical (unpaired) electrons. The molecule has 0 spiro atoms. The van der Waals surface area contributed by atoms with Gasteiger partial charge in [-0.1, -0.05) is 11.3 Å². The number of nitrogens with zero attached hydrogens (tertiary/aromatic N) is 4. The van der Waals surface area contributed by atoms with Crippen LogP contribution in [0.4, 0.5) is 0 Å². The minimum atomic E-state index is -0.354. The molecule has 3 aromatic heterocycles. The smallest absolute Gasteiger partial charge is 0.339 e. The van der Waals surface area contributed by atoms with Gasteiger partial charge in [-0.05, 0) is 38.1 Å². The molecule has 0 aliphatic rings. The van der Waals surface area contributed by atoms with Gasteiger partial charge in [0.2, 0.25) is 0 Å². The van der Waals surface area contributed by atoms with E-state index in [1.165, 1.54) is 0 Å². The Morgan fingerprint density at radius 3 is 2.90 bits per heavy atom. The quantitative estimate of drug-likeness (QED) is 0.689. The maximum atomic E-state index is 11.8. The summed E-state index contributed by atoms with van der Waals surface area (Å²) in [5.41, 5.74) is 3.55. The Morgan fingerprint density at radius 1 is 1.29 bits per heavy atom. The van der Waals surface area contributed by atoms with E-state index < -0.39 is 0 Å². The first-order chi connectivity index (χ1) is 10.2. The van der Waals surface area contributed by atoms with Crippen molar-refractivity contribution < 1.29 is 9.53 Å². The third kappa shape index (κ3) is 2.35. The van der Waals surface area contributed by atoms with Crippen molar-refractivity contribution in [1.29, 1.82) is 0 Å². The van der Waals surface area contributed by atoms with E-state index in [4.69, 9.17) is 4.74 Å². The van der Waals surface area contributed by atoms with Crippen molar-refractivity contribution in [2.75, 3.05) is 6.61 Å². The molecule has 0 aliphatic carbocycles. The summed E-state index contributed by atoms with van der Waals surface area (Å²) in [4.78, 5) is 16.3. The second-order valence-electron chi connectivity index (χ2n) is 4.53. The zero-order chi connectivity index (χ0) is 14.8. The number of ether oxygens (including phenoxy) is 1. The molecule has 0 N–H and O–H groups in total. The second kappa shape index (κ2) is 5.32. The largest absolute Gasteiger partial charge is 0.462 e. The number of rotatable bonds is 3. The summed E-state index contributed by atoms with van der Waals surface area (Å²) in [7, 11) is 0. The van der Waals surface area contributed by atoms with Crippen molar-refractivity contribution in [3.63, 3.8) is 0 Å². The number of pyridine rings is 2. The standard InChI is InChI=1S/C15H14N4O2/c1-3-21-15(20)12-7-8-13(17-10(12)2)14-6-4-5-11-9-16-18-19(11)14/h4-9H,3H2,1-2H3. The molecule has 0 aromatic carbocycles. The van der Waals surface area contributed by atoms with Crippen LogP contribution in [0.15, 0.2) is 36.5 Å². The highest BCUT2D eigenvalue weighted by molar-refractivity contribution is 5.90. The summed E-state index contributed by atoms with van der Waals surface area (Å²) in [6.07, 6.45) is 1.68. The Hall–Kier alpha value is -2.76. The van der Waals surface area contributed by atoms with E-state index in [-0.39, 0.29) is 5.97 Å². The van der Waals surface area contributed by atoms with Gasteiger partial charge in [-0.25, -0.2) is 9.31 Å². The molecule has 106 valence electrons. The van der Waals surface area contributed by atoms with Crippen molar-refractivity contribution in [2.24, 2.45) is 0 Å². The first-order valence-corrected chi connectivity index (χ1v) is 6.65. The van der Waals surface area contributed by atoms with E-state index in [1.54, 1.807) is 36.7 Å². The summed E-state index contributed by atoms with van der Waals surface area (Å²) in [6, 6.07) is 9.27. The lowest BCUT2D eigenvalue weighted by molar-refractivity contribution is 0.0525. The zero-order valence-electron chi connectivity index (χ0n) is 11.8. The molecule has 0 aliphatic heterocycles. The van der Waals surface area contributed by atoms with Gasteiger partial charge < -0.3 is 4.74 Å². The number of hydrogen-bond donors (Lipinski definition) is 0. The third-order valence-electron chi connectivity index (χ3n) is 3.17. The van der Waals surface area contributed by atoms with E-state index >= 15 is 0 Å². The Morgan fingerprint density at radius 2 is 2.14 bits per heavy atom. The predicted molar refractivity (Wildman–Crippen MR) is 76.9 cm³/mol. The third-order valence-corrected chi connectivity index (χ3v) is 3.17. The maximum Gasteiger partial charge on any atom is 0.339 e. The molecular formula is C15H14N4O2. The molecule has 0 fully saturated rings. The van der Waals surface area contributed by atoms with Crippen molar-refractivity contribution in [1.82, 2.24) is 19.8 Å². The minimum Gasteiger partial charge on any atom is -0.462 e. The van der Waals surface area contributed by atoms with Crippen molar-refractivity contribution in [3.05, 3.63) is 47.8 Å². The van der Waals surface area contributed by atoms with Crippen LogP contribution >= 0.6 is 0 Å². The van der Waals surface area contributed by atoms with Crippen LogP contribution in [-0.2, 0) is 4.74 Å². The molecular weight excluding hydrogens is 268 g/mol. The molecule has 3 rings (SSSR count). The lowest BCUT2D eigenvalue weighted by Crippen LogP contribution is -2.08. The number of carbonyl (C=O) groups is 1. The molecule has 0 atom stereocenters. The lowest BCUT2D eigenvalue weighted by atomic mass is 10.1. The SMILES string of the molecule is CCOC(=O)c1ccc(-c2cccc3cnnn23)nc1C.